The first-order valence-electron chi connectivity index (χ1n) is 5.81. The van der Waals surface area contributed by atoms with Crippen LogP contribution in [0.5, 0.6) is 0 Å². The Morgan fingerprint density at radius 2 is 2.07 bits per heavy atom. The van der Waals surface area contributed by atoms with Gasteiger partial charge in [0.25, 0.3) is 0 Å². The number of aromatic nitrogens is 2. The summed E-state index contributed by atoms with van der Waals surface area (Å²) in [7, 11) is 0. The lowest BCUT2D eigenvalue weighted by Gasteiger charge is -2.19. The van der Waals surface area contributed by atoms with Crippen molar-refractivity contribution in [2.75, 3.05) is 0 Å². The molecule has 1 aromatic heterocycles. The summed E-state index contributed by atoms with van der Waals surface area (Å²) in [4.78, 5) is 4.19. The lowest BCUT2D eigenvalue weighted by molar-refractivity contribution is 0.357. The Bertz CT molecular complexity index is 291. The second-order valence-electron chi connectivity index (χ2n) is 4.71. The van der Waals surface area contributed by atoms with Crippen LogP contribution in [0.2, 0.25) is 0 Å². The molecule has 3 heteroatoms. The molecule has 86 valence electrons. The van der Waals surface area contributed by atoms with Crippen LogP contribution in [0.25, 0.3) is 0 Å². The molecule has 0 aliphatic heterocycles. The lowest BCUT2D eigenvalue weighted by Crippen LogP contribution is -2.19. The molecule has 0 fully saturated rings. The quantitative estimate of drug-likeness (QED) is 0.810. The van der Waals surface area contributed by atoms with Gasteiger partial charge in [0, 0.05) is 18.8 Å². The standard InChI is InChI=1S/C12H23N3/c1-5-11(13)12-6-14-8-15(12)7-10(4)9(2)3/h6,8-11H,5,7,13H2,1-4H3/t10?,11-/m1/s1. The highest BCUT2D eigenvalue weighted by Crippen LogP contribution is 2.17. The first-order valence-corrected chi connectivity index (χ1v) is 5.81. The van der Waals surface area contributed by atoms with Crippen molar-refractivity contribution in [2.45, 2.75) is 46.7 Å². The fraction of sp³-hybridized carbons (Fsp3) is 0.750. The van der Waals surface area contributed by atoms with Gasteiger partial charge in [-0.25, -0.2) is 4.98 Å². The zero-order valence-corrected chi connectivity index (χ0v) is 10.3. The largest absolute Gasteiger partial charge is 0.333 e. The molecule has 0 amide bonds. The fourth-order valence-electron chi connectivity index (χ4n) is 1.52. The number of nitrogens with two attached hydrogens (primary N) is 1. The fourth-order valence-corrected chi connectivity index (χ4v) is 1.52. The van der Waals surface area contributed by atoms with Crippen LogP contribution >= 0.6 is 0 Å². The Balaban J connectivity index is 2.73. The summed E-state index contributed by atoms with van der Waals surface area (Å²) in [5.74, 6) is 1.35. The van der Waals surface area contributed by atoms with Crippen LogP contribution in [-0.4, -0.2) is 9.55 Å². The van der Waals surface area contributed by atoms with Crippen LogP contribution in [0.1, 0.15) is 45.9 Å². The van der Waals surface area contributed by atoms with Crippen LogP contribution in [0.15, 0.2) is 12.5 Å². The van der Waals surface area contributed by atoms with Gasteiger partial charge in [0.1, 0.15) is 0 Å². The van der Waals surface area contributed by atoms with Crippen LogP contribution in [0.3, 0.4) is 0 Å². The summed E-state index contributed by atoms with van der Waals surface area (Å²) in [5.41, 5.74) is 7.19. The Kier molecular flexibility index (Phi) is 4.33. The maximum Gasteiger partial charge on any atom is 0.0948 e. The van der Waals surface area contributed by atoms with E-state index in [4.69, 9.17) is 5.73 Å². The van der Waals surface area contributed by atoms with E-state index in [-0.39, 0.29) is 6.04 Å². The third-order valence-electron chi connectivity index (χ3n) is 3.19. The van der Waals surface area contributed by atoms with Crippen molar-refractivity contribution >= 4 is 0 Å². The molecule has 0 saturated carbocycles. The summed E-state index contributed by atoms with van der Waals surface area (Å²) >= 11 is 0. The van der Waals surface area contributed by atoms with Crippen molar-refractivity contribution in [1.29, 1.82) is 0 Å². The van der Waals surface area contributed by atoms with E-state index >= 15 is 0 Å². The summed E-state index contributed by atoms with van der Waals surface area (Å²) in [6.07, 6.45) is 4.74. The number of hydrogen-bond donors (Lipinski definition) is 1. The molecule has 0 spiro atoms. The van der Waals surface area contributed by atoms with E-state index in [1.54, 1.807) is 0 Å². The van der Waals surface area contributed by atoms with Crippen molar-refractivity contribution in [3.63, 3.8) is 0 Å². The molecule has 1 heterocycles. The summed E-state index contributed by atoms with van der Waals surface area (Å²) in [5, 5.41) is 0. The lowest BCUT2D eigenvalue weighted by atomic mass is 9.98. The zero-order chi connectivity index (χ0) is 11.4. The van der Waals surface area contributed by atoms with Crippen molar-refractivity contribution in [2.24, 2.45) is 17.6 Å². The maximum atomic E-state index is 6.03. The van der Waals surface area contributed by atoms with Gasteiger partial charge in [0.15, 0.2) is 0 Å². The van der Waals surface area contributed by atoms with Gasteiger partial charge in [-0.3, -0.25) is 0 Å². The minimum atomic E-state index is 0.117. The Morgan fingerprint density at radius 1 is 1.40 bits per heavy atom. The molecule has 1 unspecified atom stereocenters. The molecule has 2 atom stereocenters. The van der Waals surface area contributed by atoms with Crippen molar-refractivity contribution < 1.29 is 0 Å². The Morgan fingerprint density at radius 3 is 2.60 bits per heavy atom. The SMILES string of the molecule is CC[C@@H](N)c1cncn1CC(C)C(C)C. The highest BCUT2D eigenvalue weighted by Gasteiger charge is 2.13. The molecule has 0 aliphatic rings. The highest BCUT2D eigenvalue weighted by atomic mass is 15.1. The molecule has 0 bridgehead atoms. The molecule has 0 aromatic carbocycles. The molecule has 2 N–H and O–H groups in total. The van der Waals surface area contributed by atoms with Gasteiger partial charge < -0.3 is 10.3 Å². The van der Waals surface area contributed by atoms with E-state index in [0.29, 0.717) is 11.8 Å². The Hall–Kier alpha value is -0.830. The number of rotatable bonds is 5. The second kappa shape index (κ2) is 5.31. The van der Waals surface area contributed by atoms with Crippen LogP contribution in [0.4, 0.5) is 0 Å². The molecule has 0 radical (unpaired) electrons. The minimum absolute atomic E-state index is 0.117. The third-order valence-corrected chi connectivity index (χ3v) is 3.19. The smallest absolute Gasteiger partial charge is 0.0948 e. The van der Waals surface area contributed by atoms with Gasteiger partial charge in [-0.15, -0.1) is 0 Å². The molecule has 3 nitrogen and oxygen atoms in total. The maximum absolute atomic E-state index is 6.03. The van der Waals surface area contributed by atoms with E-state index in [0.717, 1.165) is 18.7 Å². The molecule has 15 heavy (non-hydrogen) atoms. The van der Waals surface area contributed by atoms with Crippen LogP contribution in [-0.2, 0) is 6.54 Å². The summed E-state index contributed by atoms with van der Waals surface area (Å²) < 4.78 is 2.19. The molecular weight excluding hydrogens is 186 g/mol. The van der Waals surface area contributed by atoms with Gasteiger partial charge in [0.2, 0.25) is 0 Å². The van der Waals surface area contributed by atoms with Gasteiger partial charge >= 0.3 is 0 Å². The molecular formula is C12H23N3. The Labute approximate surface area is 92.7 Å². The summed E-state index contributed by atoms with van der Waals surface area (Å²) in [6, 6.07) is 0.117. The van der Waals surface area contributed by atoms with E-state index < -0.39 is 0 Å². The highest BCUT2D eigenvalue weighted by molar-refractivity contribution is 5.04. The number of hydrogen-bond acceptors (Lipinski definition) is 2. The zero-order valence-electron chi connectivity index (χ0n) is 10.3. The average Bonchev–Trinajstić information content (AvgIpc) is 2.64. The monoisotopic (exact) mass is 209 g/mol. The van der Waals surface area contributed by atoms with Crippen molar-refractivity contribution in [3.05, 3.63) is 18.2 Å². The van der Waals surface area contributed by atoms with Gasteiger partial charge in [-0.1, -0.05) is 27.7 Å². The van der Waals surface area contributed by atoms with Gasteiger partial charge in [-0.2, -0.15) is 0 Å². The number of nitrogens with zero attached hydrogens (tertiary/aromatic N) is 2. The average molecular weight is 209 g/mol. The number of imidazole rings is 1. The first-order chi connectivity index (χ1) is 7.06. The molecule has 1 aromatic rings. The normalized spacial score (nSPS) is 15.6. The van der Waals surface area contributed by atoms with Crippen molar-refractivity contribution in [3.8, 4) is 0 Å². The second-order valence-corrected chi connectivity index (χ2v) is 4.71. The topological polar surface area (TPSA) is 43.8 Å². The van der Waals surface area contributed by atoms with Crippen LogP contribution in [0, 0.1) is 11.8 Å². The molecule has 0 saturated heterocycles. The van der Waals surface area contributed by atoms with Gasteiger partial charge in [-0.05, 0) is 18.3 Å². The predicted molar refractivity (Wildman–Crippen MR) is 63.4 cm³/mol. The predicted octanol–water partition coefficient (Wildman–Crippen LogP) is 2.59. The summed E-state index contributed by atoms with van der Waals surface area (Å²) in [6.45, 7) is 9.89. The molecule has 0 aliphatic carbocycles. The van der Waals surface area contributed by atoms with E-state index in [9.17, 15) is 0 Å². The minimum Gasteiger partial charge on any atom is -0.333 e. The van der Waals surface area contributed by atoms with Crippen molar-refractivity contribution in [1.82, 2.24) is 9.55 Å². The van der Waals surface area contributed by atoms with Crippen LogP contribution < -0.4 is 5.73 Å². The third kappa shape index (κ3) is 3.06. The van der Waals surface area contributed by atoms with Gasteiger partial charge in [0.05, 0.1) is 12.0 Å². The van der Waals surface area contributed by atoms with E-state index in [1.165, 1.54) is 0 Å². The first kappa shape index (κ1) is 12.2. The molecule has 1 rings (SSSR count). The van der Waals surface area contributed by atoms with E-state index in [1.807, 2.05) is 12.5 Å². The van der Waals surface area contributed by atoms with E-state index in [2.05, 4.69) is 37.2 Å².